The first-order chi connectivity index (χ1) is 10.3. The van der Waals surface area contributed by atoms with Gasteiger partial charge in [0.25, 0.3) is 0 Å². The number of hydrogen-bond acceptors (Lipinski definition) is 3. The normalized spacial score (nSPS) is 10.9. The summed E-state index contributed by atoms with van der Waals surface area (Å²) in [7, 11) is 0. The maximum atomic E-state index is 4.64. The highest BCUT2D eigenvalue weighted by Crippen LogP contribution is 2.22. The predicted molar refractivity (Wildman–Crippen MR) is 92.0 cm³/mol. The van der Waals surface area contributed by atoms with Crippen LogP contribution in [-0.2, 0) is 13.0 Å². The van der Waals surface area contributed by atoms with Crippen LogP contribution in [0.15, 0.2) is 48.5 Å². The van der Waals surface area contributed by atoms with Gasteiger partial charge in [0, 0.05) is 5.69 Å². The molecule has 3 rings (SSSR count). The van der Waals surface area contributed by atoms with E-state index in [0.29, 0.717) is 0 Å². The van der Waals surface area contributed by atoms with Gasteiger partial charge in [-0.25, -0.2) is 4.98 Å². The fraction of sp³-hybridized carbons (Fsp3) is 0.278. The van der Waals surface area contributed by atoms with Gasteiger partial charge in [-0.15, -0.1) is 11.3 Å². The van der Waals surface area contributed by atoms with Crippen LogP contribution in [0, 0.1) is 0 Å². The zero-order valence-corrected chi connectivity index (χ0v) is 13.1. The average Bonchev–Trinajstić information content (AvgIpc) is 2.95. The number of aryl methyl sites for hydroxylation is 1. The Hall–Kier alpha value is -1.87. The molecule has 0 atom stereocenters. The molecule has 0 bridgehead atoms. The van der Waals surface area contributed by atoms with Gasteiger partial charge in [0.2, 0.25) is 0 Å². The maximum Gasteiger partial charge on any atom is 0.113 e. The molecule has 0 saturated heterocycles. The first kappa shape index (κ1) is 14.1. The Kier molecular flexibility index (Phi) is 4.51. The highest BCUT2D eigenvalue weighted by molar-refractivity contribution is 7.18. The van der Waals surface area contributed by atoms with E-state index in [1.165, 1.54) is 29.5 Å². The van der Waals surface area contributed by atoms with Gasteiger partial charge in [-0.05, 0) is 42.7 Å². The van der Waals surface area contributed by atoms with E-state index in [-0.39, 0.29) is 0 Å². The summed E-state index contributed by atoms with van der Waals surface area (Å²) < 4.78 is 1.25. The van der Waals surface area contributed by atoms with Crippen LogP contribution in [0.25, 0.3) is 10.2 Å². The average molecular weight is 296 g/mol. The van der Waals surface area contributed by atoms with Gasteiger partial charge < -0.3 is 5.32 Å². The largest absolute Gasteiger partial charge is 0.379 e. The van der Waals surface area contributed by atoms with E-state index in [9.17, 15) is 0 Å². The zero-order chi connectivity index (χ0) is 14.5. The molecule has 1 heterocycles. The molecule has 21 heavy (non-hydrogen) atoms. The van der Waals surface area contributed by atoms with Crippen LogP contribution >= 0.6 is 11.3 Å². The number of aromatic nitrogens is 1. The summed E-state index contributed by atoms with van der Waals surface area (Å²) in [5, 5.41) is 4.58. The summed E-state index contributed by atoms with van der Waals surface area (Å²) in [6.07, 6.45) is 3.69. The van der Waals surface area contributed by atoms with Crippen LogP contribution in [-0.4, -0.2) is 4.98 Å². The Labute approximate surface area is 129 Å². The van der Waals surface area contributed by atoms with Crippen LogP contribution in [0.3, 0.4) is 0 Å². The van der Waals surface area contributed by atoms with E-state index in [0.717, 1.165) is 22.8 Å². The molecule has 0 spiro atoms. The molecule has 0 aliphatic carbocycles. The van der Waals surface area contributed by atoms with Gasteiger partial charge >= 0.3 is 0 Å². The maximum absolute atomic E-state index is 4.64. The summed E-state index contributed by atoms with van der Waals surface area (Å²) in [5.74, 6) is 0. The minimum absolute atomic E-state index is 0.785. The molecule has 0 saturated carbocycles. The molecular formula is C18H20N2S. The second-order valence-electron chi connectivity index (χ2n) is 5.23. The van der Waals surface area contributed by atoms with E-state index in [1.54, 1.807) is 11.3 Å². The molecule has 0 amide bonds. The standard InChI is InChI=1S/C18H20N2S/c1-2-3-6-14-9-11-15(12-10-14)19-13-18-20-16-7-4-5-8-17(16)21-18/h4-5,7-12,19H,2-3,6,13H2,1H3. The summed E-state index contributed by atoms with van der Waals surface area (Å²) in [6.45, 7) is 3.02. The smallest absolute Gasteiger partial charge is 0.113 e. The number of fused-ring (bicyclic) bond motifs is 1. The van der Waals surface area contributed by atoms with E-state index >= 15 is 0 Å². The van der Waals surface area contributed by atoms with Crippen LogP contribution in [0.1, 0.15) is 30.3 Å². The molecule has 0 aliphatic heterocycles. The third-order valence-corrected chi connectivity index (χ3v) is 4.59. The molecule has 2 nitrogen and oxygen atoms in total. The predicted octanol–water partition coefficient (Wildman–Crippen LogP) is 5.25. The third-order valence-electron chi connectivity index (χ3n) is 3.55. The number of rotatable bonds is 6. The molecule has 0 radical (unpaired) electrons. The number of anilines is 1. The monoisotopic (exact) mass is 296 g/mol. The molecule has 0 unspecified atom stereocenters. The van der Waals surface area contributed by atoms with E-state index in [4.69, 9.17) is 0 Å². The van der Waals surface area contributed by atoms with Crippen molar-refractivity contribution in [1.82, 2.24) is 4.98 Å². The number of unbranched alkanes of at least 4 members (excludes halogenated alkanes) is 1. The Morgan fingerprint density at radius 3 is 2.62 bits per heavy atom. The summed E-state index contributed by atoms with van der Waals surface area (Å²) in [4.78, 5) is 4.64. The molecule has 108 valence electrons. The minimum Gasteiger partial charge on any atom is -0.379 e. The lowest BCUT2D eigenvalue weighted by atomic mass is 10.1. The van der Waals surface area contributed by atoms with E-state index in [2.05, 4.69) is 59.7 Å². The van der Waals surface area contributed by atoms with Gasteiger partial charge in [0.15, 0.2) is 0 Å². The van der Waals surface area contributed by atoms with Gasteiger partial charge in [0.1, 0.15) is 5.01 Å². The van der Waals surface area contributed by atoms with Gasteiger partial charge in [-0.1, -0.05) is 37.6 Å². The zero-order valence-electron chi connectivity index (χ0n) is 12.3. The lowest BCUT2D eigenvalue weighted by Gasteiger charge is -2.05. The van der Waals surface area contributed by atoms with Crippen molar-refractivity contribution in [2.24, 2.45) is 0 Å². The SMILES string of the molecule is CCCCc1ccc(NCc2nc3ccccc3s2)cc1. The summed E-state index contributed by atoms with van der Waals surface area (Å²) >= 11 is 1.76. The van der Waals surface area contributed by atoms with Gasteiger partial charge in [-0.3, -0.25) is 0 Å². The second kappa shape index (κ2) is 6.72. The first-order valence-corrected chi connectivity index (χ1v) is 8.34. The number of benzene rings is 2. The molecule has 0 aliphatic rings. The van der Waals surface area contributed by atoms with E-state index < -0.39 is 0 Å². The first-order valence-electron chi connectivity index (χ1n) is 7.52. The lowest BCUT2D eigenvalue weighted by molar-refractivity contribution is 0.795. The van der Waals surface area contributed by atoms with Crippen molar-refractivity contribution >= 4 is 27.2 Å². The second-order valence-corrected chi connectivity index (χ2v) is 6.34. The molecule has 2 aromatic carbocycles. The summed E-state index contributed by atoms with van der Waals surface area (Å²) in [5.41, 5.74) is 3.67. The van der Waals surface area contributed by atoms with Crippen LogP contribution in [0.5, 0.6) is 0 Å². The van der Waals surface area contributed by atoms with Crippen molar-refractivity contribution in [1.29, 1.82) is 0 Å². The third kappa shape index (κ3) is 3.61. The highest BCUT2D eigenvalue weighted by atomic mass is 32.1. The van der Waals surface area contributed by atoms with E-state index in [1.807, 2.05) is 6.07 Å². The van der Waals surface area contributed by atoms with Crippen molar-refractivity contribution in [3.05, 3.63) is 59.1 Å². The molecule has 3 heteroatoms. The van der Waals surface area contributed by atoms with Crippen LogP contribution < -0.4 is 5.32 Å². The van der Waals surface area contributed by atoms with Crippen LogP contribution in [0.4, 0.5) is 5.69 Å². The van der Waals surface area contributed by atoms with Crippen molar-refractivity contribution < 1.29 is 0 Å². The minimum atomic E-state index is 0.785. The number of nitrogens with zero attached hydrogens (tertiary/aromatic N) is 1. The molecule has 0 fully saturated rings. The Morgan fingerprint density at radius 1 is 1.05 bits per heavy atom. The fourth-order valence-corrected chi connectivity index (χ4v) is 3.25. The molecule has 3 aromatic rings. The van der Waals surface area contributed by atoms with Crippen LogP contribution in [0.2, 0.25) is 0 Å². The number of nitrogens with one attached hydrogen (secondary N) is 1. The number of para-hydroxylation sites is 1. The Balaban J connectivity index is 1.61. The number of thiazole rings is 1. The van der Waals surface area contributed by atoms with Crippen molar-refractivity contribution in [3.8, 4) is 0 Å². The summed E-state index contributed by atoms with van der Waals surface area (Å²) in [6, 6.07) is 17.1. The fourth-order valence-electron chi connectivity index (χ4n) is 2.34. The Bertz CT molecular complexity index is 668. The quantitative estimate of drug-likeness (QED) is 0.672. The van der Waals surface area contributed by atoms with Crippen molar-refractivity contribution in [2.75, 3.05) is 5.32 Å². The Morgan fingerprint density at radius 2 is 1.86 bits per heavy atom. The lowest BCUT2D eigenvalue weighted by Crippen LogP contribution is -1.98. The highest BCUT2D eigenvalue weighted by Gasteiger charge is 2.02. The van der Waals surface area contributed by atoms with Crippen molar-refractivity contribution in [3.63, 3.8) is 0 Å². The van der Waals surface area contributed by atoms with Crippen molar-refractivity contribution in [2.45, 2.75) is 32.7 Å². The molecule has 1 aromatic heterocycles. The number of hydrogen-bond donors (Lipinski definition) is 1. The topological polar surface area (TPSA) is 24.9 Å². The molecular weight excluding hydrogens is 276 g/mol. The van der Waals surface area contributed by atoms with Gasteiger partial charge in [-0.2, -0.15) is 0 Å². The van der Waals surface area contributed by atoms with Gasteiger partial charge in [0.05, 0.1) is 16.8 Å². The molecule has 1 N–H and O–H groups in total.